The Hall–Kier alpha value is -1.89. The van der Waals surface area contributed by atoms with E-state index in [9.17, 15) is 0 Å². The van der Waals surface area contributed by atoms with Crippen molar-refractivity contribution in [3.05, 3.63) is 48.8 Å². The normalized spacial score (nSPS) is 28.3. The zero-order chi connectivity index (χ0) is 10.6. The van der Waals surface area contributed by atoms with Crippen molar-refractivity contribution < 1.29 is 25.0 Å². The molecule has 0 bridgehead atoms. The number of nitrogens with zero attached hydrogens (tertiary/aromatic N) is 1. The zero-order valence-electron chi connectivity index (χ0n) is 7.68. The fourth-order valence-corrected chi connectivity index (χ4v) is 0.588. The van der Waals surface area contributed by atoms with E-state index >= 15 is 0 Å². The molecule has 0 aromatic heterocycles. The molecule has 0 aliphatic carbocycles. The SMILES string of the molecule is C1=C\C=C/C=N\OOOOO/C=C\C=C/1. The monoisotopic (exact) mass is 211 g/mol. The summed E-state index contributed by atoms with van der Waals surface area (Å²) < 4.78 is 0. The van der Waals surface area contributed by atoms with Crippen molar-refractivity contribution >= 4 is 6.21 Å². The van der Waals surface area contributed by atoms with E-state index in [1.165, 1.54) is 12.5 Å². The molecule has 0 saturated carbocycles. The summed E-state index contributed by atoms with van der Waals surface area (Å²) in [6.07, 6.45) is 14.8. The molecular weight excluding hydrogens is 202 g/mol. The largest absolute Gasteiger partial charge is 0.314 e. The van der Waals surface area contributed by atoms with Crippen LogP contribution in [0.25, 0.3) is 0 Å². The average Bonchev–Trinajstić information content (AvgIpc) is 2.27. The van der Waals surface area contributed by atoms with Crippen LogP contribution in [-0.4, -0.2) is 6.21 Å². The van der Waals surface area contributed by atoms with E-state index in [0.717, 1.165) is 0 Å². The summed E-state index contributed by atoms with van der Waals surface area (Å²) in [5.41, 5.74) is 0. The molecule has 1 aliphatic rings. The Morgan fingerprint density at radius 3 is 2.27 bits per heavy atom. The highest BCUT2D eigenvalue weighted by Gasteiger charge is 1.86. The second-order valence-electron chi connectivity index (χ2n) is 2.11. The van der Waals surface area contributed by atoms with Gasteiger partial charge >= 0.3 is 0 Å². The highest BCUT2D eigenvalue weighted by molar-refractivity contribution is 5.70. The number of hydrogen-bond donors (Lipinski definition) is 0. The van der Waals surface area contributed by atoms with Crippen molar-refractivity contribution in [3.8, 4) is 0 Å². The molecule has 15 heavy (non-hydrogen) atoms. The van der Waals surface area contributed by atoms with Gasteiger partial charge in [0.15, 0.2) is 0 Å². The molecule has 6 heteroatoms. The maximum absolute atomic E-state index is 4.36. The Kier molecular flexibility index (Phi) is 6.49. The first-order valence-electron chi connectivity index (χ1n) is 4.01. The number of rotatable bonds is 0. The van der Waals surface area contributed by atoms with Crippen LogP contribution in [0.2, 0.25) is 0 Å². The smallest absolute Gasteiger partial charge is 0.132 e. The summed E-state index contributed by atoms with van der Waals surface area (Å²) in [6, 6.07) is 0. The lowest BCUT2D eigenvalue weighted by molar-refractivity contribution is -0.701. The molecule has 1 heterocycles. The van der Waals surface area contributed by atoms with Gasteiger partial charge in [0.05, 0.1) is 6.21 Å². The summed E-state index contributed by atoms with van der Waals surface area (Å²) in [7, 11) is 0. The average molecular weight is 211 g/mol. The molecule has 0 unspecified atom stereocenters. The molecule has 1 aliphatic heterocycles. The molecule has 0 amide bonds. The van der Waals surface area contributed by atoms with Crippen LogP contribution >= 0.6 is 0 Å². The van der Waals surface area contributed by atoms with E-state index in [4.69, 9.17) is 0 Å². The van der Waals surface area contributed by atoms with Gasteiger partial charge < -0.3 is 4.89 Å². The van der Waals surface area contributed by atoms with Gasteiger partial charge in [-0.2, -0.15) is 4.99 Å². The third kappa shape index (κ3) is 7.20. The summed E-state index contributed by atoms with van der Waals surface area (Å²) in [6.45, 7) is 0. The van der Waals surface area contributed by atoms with Gasteiger partial charge in [-0.1, -0.05) is 35.5 Å². The van der Waals surface area contributed by atoms with Crippen molar-refractivity contribution in [1.82, 2.24) is 0 Å². The van der Waals surface area contributed by atoms with E-state index in [-0.39, 0.29) is 0 Å². The molecule has 0 spiro atoms. The molecule has 0 atom stereocenters. The predicted octanol–water partition coefficient (Wildman–Crippen LogP) is 1.91. The second kappa shape index (κ2) is 8.70. The Bertz CT molecular complexity index is 265. The number of allylic oxidation sites excluding steroid dienone is 7. The lowest BCUT2D eigenvalue weighted by atomic mass is 10.4. The minimum atomic E-state index is 1.24. The summed E-state index contributed by atoms with van der Waals surface area (Å²) in [4.78, 5) is 8.50. The van der Waals surface area contributed by atoms with Crippen molar-refractivity contribution in [2.24, 2.45) is 5.16 Å². The Balaban J connectivity index is 2.43. The van der Waals surface area contributed by atoms with Crippen LogP contribution < -0.4 is 0 Å². The fourth-order valence-electron chi connectivity index (χ4n) is 0.588. The van der Waals surface area contributed by atoms with Crippen LogP contribution in [0, 0.1) is 0 Å². The zero-order valence-corrected chi connectivity index (χ0v) is 7.68. The molecule has 6 nitrogen and oxygen atoms in total. The van der Waals surface area contributed by atoms with Crippen LogP contribution in [-0.2, 0) is 25.0 Å². The molecular formula is C9H9NO5. The standard InChI is InChI=1S/C9H9NO5/c1-2-4-6-8-10-12-14-15-13-11-9-7-5-3-1/h1-9H/b2-1-,5-3-,6-4-,9-7-,10-8-. The maximum Gasteiger partial charge on any atom is 0.132 e. The van der Waals surface area contributed by atoms with Gasteiger partial charge in [0, 0.05) is 15.1 Å². The van der Waals surface area contributed by atoms with Crippen molar-refractivity contribution in [3.63, 3.8) is 0 Å². The maximum atomic E-state index is 4.36. The Morgan fingerprint density at radius 2 is 1.40 bits per heavy atom. The first-order valence-corrected chi connectivity index (χ1v) is 4.01. The van der Waals surface area contributed by atoms with Gasteiger partial charge in [-0.3, -0.25) is 0 Å². The molecule has 0 N–H and O–H groups in total. The van der Waals surface area contributed by atoms with E-state index in [1.807, 2.05) is 12.2 Å². The molecule has 0 radical (unpaired) electrons. The Labute approximate surface area is 86.0 Å². The number of hydrogen-bond acceptors (Lipinski definition) is 6. The third-order valence-electron chi connectivity index (χ3n) is 1.12. The van der Waals surface area contributed by atoms with E-state index in [0.29, 0.717) is 0 Å². The summed E-state index contributed by atoms with van der Waals surface area (Å²) in [5, 5.41) is 15.2. The highest BCUT2D eigenvalue weighted by atomic mass is 17.8. The summed E-state index contributed by atoms with van der Waals surface area (Å²) >= 11 is 0. The van der Waals surface area contributed by atoms with Crippen LogP contribution in [0.4, 0.5) is 0 Å². The van der Waals surface area contributed by atoms with Gasteiger partial charge in [0.2, 0.25) is 0 Å². The van der Waals surface area contributed by atoms with Crippen LogP contribution in [0.1, 0.15) is 0 Å². The molecule has 0 aromatic carbocycles. The van der Waals surface area contributed by atoms with Gasteiger partial charge in [0.1, 0.15) is 6.26 Å². The molecule has 80 valence electrons. The van der Waals surface area contributed by atoms with Gasteiger partial charge in [-0.25, -0.2) is 0 Å². The lowest BCUT2D eigenvalue weighted by Gasteiger charge is -1.94. The minimum Gasteiger partial charge on any atom is -0.314 e. The lowest BCUT2D eigenvalue weighted by Crippen LogP contribution is -1.93. The van der Waals surface area contributed by atoms with Crippen molar-refractivity contribution in [2.75, 3.05) is 0 Å². The molecule has 0 fully saturated rings. The topological polar surface area (TPSA) is 58.5 Å². The van der Waals surface area contributed by atoms with Gasteiger partial charge in [0.25, 0.3) is 0 Å². The van der Waals surface area contributed by atoms with Gasteiger partial charge in [-0.05, 0) is 12.2 Å². The fraction of sp³-hybridized carbons (Fsp3) is 0. The van der Waals surface area contributed by atoms with E-state index in [2.05, 4.69) is 30.1 Å². The highest BCUT2D eigenvalue weighted by Crippen LogP contribution is 1.89. The molecule has 0 saturated heterocycles. The quantitative estimate of drug-likeness (QED) is 0.573. The third-order valence-corrected chi connectivity index (χ3v) is 1.12. The molecule has 0 aromatic rings. The minimum absolute atomic E-state index is 1.24. The number of oxime groups is 1. The van der Waals surface area contributed by atoms with Crippen LogP contribution in [0.3, 0.4) is 0 Å². The predicted molar refractivity (Wildman–Crippen MR) is 50.5 cm³/mol. The molecule has 1 rings (SSSR count). The van der Waals surface area contributed by atoms with E-state index < -0.39 is 0 Å². The van der Waals surface area contributed by atoms with Gasteiger partial charge in [-0.15, -0.1) is 0 Å². The van der Waals surface area contributed by atoms with E-state index in [1.54, 1.807) is 30.4 Å². The first kappa shape index (κ1) is 11.2. The van der Waals surface area contributed by atoms with Crippen molar-refractivity contribution in [1.29, 1.82) is 0 Å². The Morgan fingerprint density at radius 1 is 0.667 bits per heavy atom. The second-order valence-corrected chi connectivity index (χ2v) is 2.11. The van der Waals surface area contributed by atoms with Crippen LogP contribution in [0.5, 0.6) is 0 Å². The first-order chi connectivity index (χ1) is 7.50. The summed E-state index contributed by atoms with van der Waals surface area (Å²) in [5.74, 6) is 0. The van der Waals surface area contributed by atoms with Crippen LogP contribution in [0.15, 0.2) is 53.9 Å². The van der Waals surface area contributed by atoms with Crippen molar-refractivity contribution in [2.45, 2.75) is 0 Å².